The molecule has 1 heterocycles. The lowest BCUT2D eigenvalue weighted by molar-refractivity contribution is 0.0693. The summed E-state index contributed by atoms with van der Waals surface area (Å²) in [6.45, 7) is 0.460. The van der Waals surface area contributed by atoms with Gasteiger partial charge in [-0.1, -0.05) is 18.2 Å². The Kier molecular flexibility index (Phi) is 5.57. The van der Waals surface area contributed by atoms with E-state index < -0.39 is 5.91 Å². The van der Waals surface area contributed by atoms with Crippen molar-refractivity contribution in [3.05, 3.63) is 70.3 Å². The standard InChI is InChI=1S/C20H17N3O3S/c1-23-19(25)16-7-6-13(10-17(16)20(23)26)18(24)22-8-9-27-12-15-5-3-2-4-14(15)11-21/h2-7,10H,8-9,12H2,1H3,(H,22,24). The van der Waals surface area contributed by atoms with Gasteiger partial charge in [0.25, 0.3) is 17.7 Å². The Bertz CT molecular complexity index is 965. The minimum atomic E-state index is -0.392. The molecule has 136 valence electrons. The van der Waals surface area contributed by atoms with Crippen molar-refractivity contribution in [2.45, 2.75) is 5.75 Å². The summed E-state index contributed by atoms with van der Waals surface area (Å²) >= 11 is 1.62. The molecule has 1 N–H and O–H groups in total. The van der Waals surface area contributed by atoms with Crippen LogP contribution in [0.2, 0.25) is 0 Å². The fourth-order valence-corrected chi connectivity index (χ4v) is 3.64. The summed E-state index contributed by atoms with van der Waals surface area (Å²) < 4.78 is 0. The van der Waals surface area contributed by atoms with Gasteiger partial charge in [0.2, 0.25) is 0 Å². The maximum absolute atomic E-state index is 12.3. The predicted octanol–water partition coefficient (Wildman–Crippen LogP) is 2.45. The number of benzene rings is 2. The molecule has 0 aliphatic carbocycles. The minimum Gasteiger partial charge on any atom is -0.351 e. The fraction of sp³-hybridized carbons (Fsp3) is 0.200. The van der Waals surface area contributed by atoms with Crippen LogP contribution in [0.5, 0.6) is 0 Å². The number of thioether (sulfide) groups is 1. The number of imide groups is 1. The van der Waals surface area contributed by atoms with Gasteiger partial charge in [-0.25, -0.2) is 0 Å². The first-order valence-electron chi connectivity index (χ1n) is 8.33. The molecule has 0 atom stereocenters. The Morgan fingerprint density at radius 1 is 1.15 bits per heavy atom. The number of amides is 3. The van der Waals surface area contributed by atoms with E-state index in [1.807, 2.05) is 18.2 Å². The second kappa shape index (κ2) is 8.06. The zero-order chi connectivity index (χ0) is 19.4. The summed E-state index contributed by atoms with van der Waals surface area (Å²) in [7, 11) is 1.42. The second-order valence-electron chi connectivity index (χ2n) is 6.01. The SMILES string of the molecule is CN1C(=O)c2ccc(C(=O)NCCSCc3ccccc3C#N)cc2C1=O. The maximum Gasteiger partial charge on any atom is 0.261 e. The molecule has 0 saturated carbocycles. The molecule has 0 saturated heterocycles. The summed E-state index contributed by atoms with van der Waals surface area (Å²) in [6.07, 6.45) is 0. The van der Waals surface area contributed by atoms with Crippen molar-refractivity contribution in [3.8, 4) is 6.07 Å². The summed E-state index contributed by atoms with van der Waals surface area (Å²) in [5.74, 6) is 0.357. The Labute approximate surface area is 161 Å². The van der Waals surface area contributed by atoms with E-state index in [1.165, 1.54) is 19.2 Å². The van der Waals surface area contributed by atoms with Gasteiger partial charge in [0, 0.05) is 30.7 Å². The van der Waals surface area contributed by atoms with Gasteiger partial charge in [-0.3, -0.25) is 19.3 Å². The van der Waals surface area contributed by atoms with E-state index >= 15 is 0 Å². The van der Waals surface area contributed by atoms with Gasteiger partial charge in [-0.05, 0) is 29.8 Å². The molecule has 6 nitrogen and oxygen atoms in total. The lowest BCUT2D eigenvalue weighted by Gasteiger charge is -2.07. The lowest BCUT2D eigenvalue weighted by atomic mass is 10.1. The monoisotopic (exact) mass is 379 g/mol. The molecule has 7 heteroatoms. The molecule has 2 aromatic rings. The Hall–Kier alpha value is -3.11. The van der Waals surface area contributed by atoms with Gasteiger partial charge in [0.05, 0.1) is 22.8 Å². The first-order chi connectivity index (χ1) is 13.0. The van der Waals surface area contributed by atoms with E-state index in [0.717, 1.165) is 10.5 Å². The normalized spacial score (nSPS) is 12.7. The zero-order valence-electron chi connectivity index (χ0n) is 14.7. The number of fused-ring (bicyclic) bond motifs is 1. The Balaban J connectivity index is 1.51. The van der Waals surface area contributed by atoms with Gasteiger partial charge in [-0.2, -0.15) is 17.0 Å². The number of nitriles is 1. The average molecular weight is 379 g/mol. The molecule has 3 amide bonds. The van der Waals surface area contributed by atoms with Crippen molar-refractivity contribution in [1.82, 2.24) is 10.2 Å². The van der Waals surface area contributed by atoms with E-state index in [0.29, 0.717) is 34.7 Å². The average Bonchev–Trinajstić information content (AvgIpc) is 2.91. The quantitative estimate of drug-likeness (QED) is 0.615. The zero-order valence-corrected chi connectivity index (χ0v) is 15.5. The lowest BCUT2D eigenvalue weighted by Crippen LogP contribution is -2.26. The van der Waals surface area contributed by atoms with E-state index in [1.54, 1.807) is 23.9 Å². The van der Waals surface area contributed by atoms with Crippen LogP contribution in [0, 0.1) is 11.3 Å². The Morgan fingerprint density at radius 2 is 1.89 bits per heavy atom. The third kappa shape index (κ3) is 3.86. The van der Waals surface area contributed by atoms with Crippen LogP contribution in [0.4, 0.5) is 0 Å². The molecule has 0 fully saturated rings. The number of carbonyl (C=O) groups excluding carboxylic acids is 3. The second-order valence-corrected chi connectivity index (χ2v) is 7.11. The highest BCUT2D eigenvalue weighted by molar-refractivity contribution is 7.98. The highest BCUT2D eigenvalue weighted by atomic mass is 32.2. The third-order valence-electron chi connectivity index (χ3n) is 4.28. The van der Waals surface area contributed by atoms with Gasteiger partial charge in [0.15, 0.2) is 0 Å². The molecule has 0 spiro atoms. The number of hydrogen-bond donors (Lipinski definition) is 1. The molecule has 3 rings (SSSR count). The van der Waals surface area contributed by atoms with Crippen LogP contribution in [0.15, 0.2) is 42.5 Å². The molecule has 1 aliphatic heterocycles. The number of rotatable bonds is 6. The molecule has 1 aliphatic rings. The van der Waals surface area contributed by atoms with Crippen LogP contribution in [0.25, 0.3) is 0 Å². The largest absolute Gasteiger partial charge is 0.351 e. The summed E-state index contributed by atoms with van der Waals surface area (Å²) in [5, 5.41) is 11.9. The first kappa shape index (κ1) is 18.7. The van der Waals surface area contributed by atoms with Crippen molar-refractivity contribution in [1.29, 1.82) is 5.26 Å². The van der Waals surface area contributed by atoms with Crippen LogP contribution < -0.4 is 5.32 Å². The number of nitrogens with one attached hydrogen (secondary N) is 1. The molecular formula is C20H17N3O3S. The van der Waals surface area contributed by atoms with Gasteiger partial charge >= 0.3 is 0 Å². The van der Waals surface area contributed by atoms with E-state index in [9.17, 15) is 14.4 Å². The number of carbonyl (C=O) groups is 3. The van der Waals surface area contributed by atoms with Crippen molar-refractivity contribution >= 4 is 29.5 Å². The summed E-state index contributed by atoms with van der Waals surface area (Å²) in [4.78, 5) is 37.2. The van der Waals surface area contributed by atoms with Crippen molar-refractivity contribution in [3.63, 3.8) is 0 Å². The number of hydrogen-bond acceptors (Lipinski definition) is 5. The number of nitrogens with zero attached hydrogens (tertiary/aromatic N) is 2. The molecule has 0 radical (unpaired) electrons. The van der Waals surface area contributed by atoms with E-state index in [4.69, 9.17) is 5.26 Å². The van der Waals surface area contributed by atoms with Gasteiger partial charge in [-0.15, -0.1) is 0 Å². The molecular weight excluding hydrogens is 362 g/mol. The highest BCUT2D eigenvalue weighted by Gasteiger charge is 2.33. The molecule has 0 bridgehead atoms. The first-order valence-corrected chi connectivity index (χ1v) is 9.48. The van der Waals surface area contributed by atoms with Gasteiger partial charge in [0.1, 0.15) is 0 Å². The fourth-order valence-electron chi connectivity index (χ4n) is 2.78. The topological polar surface area (TPSA) is 90.3 Å². The van der Waals surface area contributed by atoms with Crippen molar-refractivity contribution in [2.24, 2.45) is 0 Å². The predicted molar refractivity (Wildman–Crippen MR) is 103 cm³/mol. The van der Waals surface area contributed by atoms with E-state index in [-0.39, 0.29) is 17.4 Å². The Morgan fingerprint density at radius 3 is 2.67 bits per heavy atom. The van der Waals surface area contributed by atoms with Crippen molar-refractivity contribution < 1.29 is 14.4 Å². The summed E-state index contributed by atoms with van der Waals surface area (Å²) in [5.41, 5.74) is 2.58. The third-order valence-corrected chi connectivity index (χ3v) is 5.29. The van der Waals surface area contributed by atoms with Crippen LogP contribution in [-0.4, -0.2) is 42.0 Å². The summed E-state index contributed by atoms with van der Waals surface area (Å²) in [6, 6.07) is 14.1. The molecule has 0 aromatic heterocycles. The highest BCUT2D eigenvalue weighted by Crippen LogP contribution is 2.22. The molecule has 0 unspecified atom stereocenters. The maximum atomic E-state index is 12.3. The van der Waals surface area contributed by atoms with Crippen LogP contribution >= 0.6 is 11.8 Å². The smallest absolute Gasteiger partial charge is 0.261 e. The molecule has 27 heavy (non-hydrogen) atoms. The van der Waals surface area contributed by atoms with Gasteiger partial charge < -0.3 is 5.32 Å². The minimum absolute atomic E-state index is 0.262. The molecule has 2 aromatic carbocycles. The van der Waals surface area contributed by atoms with E-state index in [2.05, 4.69) is 11.4 Å². The van der Waals surface area contributed by atoms with Crippen LogP contribution in [-0.2, 0) is 5.75 Å². The van der Waals surface area contributed by atoms with Crippen LogP contribution in [0.3, 0.4) is 0 Å². The van der Waals surface area contributed by atoms with Crippen LogP contribution in [0.1, 0.15) is 42.2 Å². The van der Waals surface area contributed by atoms with Crippen molar-refractivity contribution in [2.75, 3.05) is 19.3 Å².